The minimum Gasteiger partial charge on any atom is -0.351 e. The Labute approximate surface area is 148 Å². The van der Waals surface area contributed by atoms with Crippen molar-refractivity contribution < 1.29 is 9.18 Å². The summed E-state index contributed by atoms with van der Waals surface area (Å²) < 4.78 is 15.5. The summed E-state index contributed by atoms with van der Waals surface area (Å²) in [4.78, 5) is 30.4. The minimum absolute atomic E-state index is 0.229. The van der Waals surface area contributed by atoms with Gasteiger partial charge in [0.05, 0.1) is 5.69 Å². The van der Waals surface area contributed by atoms with Gasteiger partial charge in [0, 0.05) is 23.9 Å². The predicted molar refractivity (Wildman–Crippen MR) is 96.0 cm³/mol. The van der Waals surface area contributed by atoms with E-state index in [9.17, 15) is 14.0 Å². The van der Waals surface area contributed by atoms with Gasteiger partial charge < -0.3 is 5.32 Å². The zero-order chi connectivity index (χ0) is 18.1. The van der Waals surface area contributed by atoms with E-state index in [1.807, 2.05) is 6.92 Å². The first-order valence-corrected chi connectivity index (χ1v) is 8.78. The first kappa shape index (κ1) is 17.3. The number of fused-ring (bicyclic) bond motifs is 1. The van der Waals surface area contributed by atoms with Crippen molar-refractivity contribution in [3.63, 3.8) is 0 Å². The number of hydrogen-bond acceptors (Lipinski definition) is 4. The highest BCUT2D eigenvalue weighted by Crippen LogP contribution is 2.21. The van der Waals surface area contributed by atoms with Gasteiger partial charge in [-0.2, -0.15) is 0 Å². The molecule has 0 unspecified atom stereocenters. The third-order valence-electron chi connectivity index (χ3n) is 3.94. The molecule has 0 saturated carbocycles. The van der Waals surface area contributed by atoms with Gasteiger partial charge >= 0.3 is 0 Å². The lowest BCUT2D eigenvalue weighted by molar-refractivity contribution is 0.0949. The van der Waals surface area contributed by atoms with Crippen molar-refractivity contribution in [2.45, 2.75) is 27.2 Å². The number of rotatable bonds is 4. The second-order valence-electron chi connectivity index (χ2n) is 5.79. The quantitative estimate of drug-likeness (QED) is 0.779. The van der Waals surface area contributed by atoms with Crippen molar-refractivity contribution in [2.75, 3.05) is 6.54 Å². The molecule has 1 amide bonds. The number of halogens is 1. The molecule has 0 aliphatic rings. The third-order valence-corrected chi connectivity index (χ3v) is 4.89. The van der Waals surface area contributed by atoms with Crippen LogP contribution in [0.15, 0.2) is 29.1 Å². The lowest BCUT2D eigenvalue weighted by Gasteiger charge is -2.06. The molecular formula is C18H18FN3O2S. The molecule has 5 nitrogen and oxygen atoms in total. The number of benzene rings is 1. The van der Waals surface area contributed by atoms with Gasteiger partial charge in [-0.15, -0.1) is 11.3 Å². The van der Waals surface area contributed by atoms with Crippen LogP contribution in [0.3, 0.4) is 0 Å². The Morgan fingerprint density at radius 2 is 2.12 bits per heavy atom. The van der Waals surface area contributed by atoms with Crippen LogP contribution in [0.1, 0.15) is 39.1 Å². The molecule has 0 atom stereocenters. The van der Waals surface area contributed by atoms with Crippen LogP contribution in [-0.4, -0.2) is 21.8 Å². The van der Waals surface area contributed by atoms with E-state index in [0.29, 0.717) is 34.0 Å². The molecule has 1 N–H and O–H groups in total. The first-order chi connectivity index (χ1) is 11.9. The monoisotopic (exact) mass is 359 g/mol. The average Bonchev–Trinajstić information content (AvgIpc) is 2.88. The number of aryl methyl sites for hydroxylation is 2. The molecule has 0 bridgehead atoms. The Morgan fingerprint density at radius 3 is 2.84 bits per heavy atom. The SMILES string of the molecule is CCNC(=O)c1c(C)sc2nc(Cc3cccc(C)c3F)cc(=O)n12. The number of carbonyl (C=O) groups excluding carboxylic acids is 1. The van der Waals surface area contributed by atoms with Gasteiger partial charge in [0.25, 0.3) is 11.5 Å². The zero-order valence-corrected chi connectivity index (χ0v) is 15.0. The van der Waals surface area contributed by atoms with E-state index in [-0.39, 0.29) is 23.7 Å². The Balaban J connectivity index is 2.08. The van der Waals surface area contributed by atoms with Gasteiger partial charge in [0.1, 0.15) is 11.5 Å². The van der Waals surface area contributed by atoms with Crippen LogP contribution in [-0.2, 0) is 6.42 Å². The Hall–Kier alpha value is -2.54. The Morgan fingerprint density at radius 1 is 1.36 bits per heavy atom. The molecular weight excluding hydrogens is 341 g/mol. The van der Waals surface area contributed by atoms with E-state index in [4.69, 9.17) is 0 Å². The highest BCUT2D eigenvalue weighted by Gasteiger charge is 2.19. The van der Waals surface area contributed by atoms with E-state index < -0.39 is 0 Å². The molecule has 1 aromatic carbocycles. The average molecular weight is 359 g/mol. The number of hydrogen-bond donors (Lipinski definition) is 1. The van der Waals surface area contributed by atoms with Crippen LogP contribution in [0.25, 0.3) is 4.96 Å². The molecule has 3 rings (SSSR count). The lowest BCUT2D eigenvalue weighted by atomic mass is 10.1. The zero-order valence-electron chi connectivity index (χ0n) is 14.2. The van der Waals surface area contributed by atoms with Crippen LogP contribution in [0.5, 0.6) is 0 Å². The molecule has 2 heterocycles. The van der Waals surface area contributed by atoms with E-state index in [1.165, 1.54) is 21.8 Å². The molecule has 0 saturated heterocycles. The molecule has 25 heavy (non-hydrogen) atoms. The smallest absolute Gasteiger partial charge is 0.269 e. The molecule has 2 aromatic heterocycles. The van der Waals surface area contributed by atoms with E-state index in [2.05, 4.69) is 10.3 Å². The summed E-state index contributed by atoms with van der Waals surface area (Å²) in [6.07, 6.45) is 0.229. The predicted octanol–water partition coefficient (Wildman–Crippen LogP) is 2.85. The highest BCUT2D eigenvalue weighted by atomic mass is 32.1. The fourth-order valence-corrected chi connectivity index (χ4v) is 3.75. The standard InChI is InChI=1S/C18H18FN3O2S/c1-4-20-17(24)16-11(3)25-18-21-13(9-14(23)22(16)18)8-12-7-5-6-10(2)15(12)19/h5-7,9H,4,8H2,1-3H3,(H,20,24). The number of nitrogens with zero attached hydrogens (tertiary/aromatic N) is 2. The molecule has 0 aliphatic carbocycles. The van der Waals surface area contributed by atoms with Crippen molar-refractivity contribution in [2.24, 2.45) is 0 Å². The fourth-order valence-electron chi connectivity index (χ4n) is 2.76. The maximum atomic E-state index is 14.2. The topological polar surface area (TPSA) is 63.5 Å². The molecule has 0 aliphatic heterocycles. The summed E-state index contributed by atoms with van der Waals surface area (Å²) in [5.74, 6) is -0.581. The van der Waals surface area contributed by atoms with Crippen LogP contribution in [0, 0.1) is 19.7 Å². The molecule has 0 spiro atoms. The van der Waals surface area contributed by atoms with Gasteiger partial charge in [0.2, 0.25) is 0 Å². The van der Waals surface area contributed by atoms with Crippen molar-refractivity contribution in [1.29, 1.82) is 0 Å². The van der Waals surface area contributed by atoms with Crippen LogP contribution in [0.2, 0.25) is 0 Å². The van der Waals surface area contributed by atoms with Crippen LogP contribution < -0.4 is 10.9 Å². The normalized spacial score (nSPS) is 11.0. The number of aromatic nitrogens is 2. The second-order valence-corrected chi connectivity index (χ2v) is 6.98. The Kier molecular flexibility index (Phi) is 4.67. The molecule has 0 radical (unpaired) electrons. The third kappa shape index (κ3) is 3.19. The van der Waals surface area contributed by atoms with E-state index in [1.54, 1.807) is 32.0 Å². The maximum absolute atomic E-state index is 14.2. The Bertz CT molecular complexity index is 1020. The molecule has 3 aromatic rings. The van der Waals surface area contributed by atoms with Gasteiger partial charge in [0.15, 0.2) is 4.96 Å². The van der Waals surface area contributed by atoms with E-state index in [0.717, 1.165) is 4.88 Å². The van der Waals surface area contributed by atoms with Gasteiger partial charge in [-0.1, -0.05) is 18.2 Å². The maximum Gasteiger partial charge on any atom is 0.269 e. The summed E-state index contributed by atoms with van der Waals surface area (Å²) in [5.41, 5.74) is 1.51. The minimum atomic E-state index is -0.335. The fraction of sp³-hybridized carbons (Fsp3) is 0.278. The summed E-state index contributed by atoms with van der Waals surface area (Å²) in [5, 5.41) is 2.71. The molecule has 7 heteroatoms. The van der Waals surface area contributed by atoms with Crippen molar-refractivity contribution in [3.8, 4) is 0 Å². The number of thiazole rings is 1. The largest absolute Gasteiger partial charge is 0.351 e. The number of nitrogens with one attached hydrogen (secondary N) is 1. The first-order valence-electron chi connectivity index (χ1n) is 7.96. The van der Waals surface area contributed by atoms with E-state index >= 15 is 0 Å². The van der Waals surface area contributed by atoms with Crippen molar-refractivity contribution >= 4 is 22.2 Å². The van der Waals surface area contributed by atoms with Crippen molar-refractivity contribution in [1.82, 2.24) is 14.7 Å². The second kappa shape index (κ2) is 6.76. The molecule has 130 valence electrons. The summed E-state index contributed by atoms with van der Waals surface area (Å²) in [6, 6.07) is 6.53. The van der Waals surface area contributed by atoms with Gasteiger partial charge in [-0.3, -0.25) is 9.59 Å². The van der Waals surface area contributed by atoms with Crippen LogP contribution >= 0.6 is 11.3 Å². The summed E-state index contributed by atoms with van der Waals surface area (Å²) in [6.45, 7) is 5.77. The van der Waals surface area contributed by atoms with Crippen LogP contribution in [0.4, 0.5) is 4.39 Å². The number of carbonyl (C=O) groups is 1. The number of amides is 1. The highest BCUT2D eigenvalue weighted by molar-refractivity contribution is 7.17. The van der Waals surface area contributed by atoms with Gasteiger partial charge in [-0.05, 0) is 31.9 Å². The van der Waals surface area contributed by atoms with Gasteiger partial charge in [-0.25, -0.2) is 13.8 Å². The lowest BCUT2D eigenvalue weighted by Crippen LogP contribution is -2.28. The summed E-state index contributed by atoms with van der Waals surface area (Å²) in [7, 11) is 0. The summed E-state index contributed by atoms with van der Waals surface area (Å²) >= 11 is 1.28. The van der Waals surface area contributed by atoms with Crippen molar-refractivity contribution in [3.05, 3.63) is 67.8 Å². The molecule has 0 fully saturated rings.